The molecule has 0 bridgehead atoms. The highest BCUT2D eigenvalue weighted by atomic mass is 16.5. The predicted octanol–water partition coefficient (Wildman–Crippen LogP) is 7.31. The zero-order valence-electron chi connectivity index (χ0n) is 26.8. The number of ether oxygens (including phenoxy) is 3. The van der Waals surface area contributed by atoms with E-state index in [2.05, 4.69) is 34.6 Å². The second kappa shape index (κ2) is 17.6. The van der Waals surface area contributed by atoms with E-state index >= 15 is 0 Å². The van der Waals surface area contributed by atoms with E-state index in [1.54, 1.807) is 0 Å². The Morgan fingerprint density at radius 2 is 1.72 bits per heavy atom. The van der Waals surface area contributed by atoms with Crippen LogP contribution >= 0.6 is 0 Å². The van der Waals surface area contributed by atoms with Gasteiger partial charge >= 0.3 is 6.03 Å². The van der Waals surface area contributed by atoms with Crippen LogP contribution in [-0.4, -0.2) is 61.6 Å². The van der Waals surface area contributed by atoms with Crippen LogP contribution < -0.4 is 20.1 Å². The molecule has 9 nitrogen and oxygen atoms in total. The van der Waals surface area contributed by atoms with Crippen molar-refractivity contribution >= 4 is 22.7 Å². The monoisotopic (exact) mass is 629 g/mol. The molecule has 0 aliphatic heterocycles. The number of aliphatic hydroxyl groups excluding tert-OH is 1. The molecule has 3 N–H and O–H groups in total. The lowest BCUT2D eigenvalue weighted by atomic mass is 10.1. The van der Waals surface area contributed by atoms with Gasteiger partial charge < -0.3 is 34.4 Å². The van der Waals surface area contributed by atoms with Crippen molar-refractivity contribution in [3.63, 3.8) is 0 Å². The molecule has 1 fully saturated rings. The number of unbranched alkanes of at least 4 members (excludes halogenated alkanes) is 1. The van der Waals surface area contributed by atoms with Gasteiger partial charge in [-0.2, -0.15) is 0 Å². The van der Waals surface area contributed by atoms with E-state index in [4.69, 9.17) is 18.6 Å². The van der Waals surface area contributed by atoms with Gasteiger partial charge in [-0.3, -0.25) is 4.90 Å². The third kappa shape index (κ3) is 10.5. The third-order valence-corrected chi connectivity index (χ3v) is 8.12. The molecule has 1 heterocycles. The summed E-state index contributed by atoms with van der Waals surface area (Å²) in [5.74, 6) is 2.02. The van der Waals surface area contributed by atoms with Crippen molar-refractivity contribution in [1.82, 2.24) is 10.2 Å². The number of furan rings is 1. The minimum atomic E-state index is -0.854. The van der Waals surface area contributed by atoms with E-state index < -0.39 is 6.10 Å². The number of carbonyl (C=O) groups is 1. The topological polar surface area (TPSA) is 105 Å². The van der Waals surface area contributed by atoms with Crippen molar-refractivity contribution < 1.29 is 28.5 Å². The lowest BCUT2D eigenvalue weighted by Gasteiger charge is -2.24. The summed E-state index contributed by atoms with van der Waals surface area (Å²) < 4.78 is 23.5. The number of aliphatic hydroxyl groups is 1. The molecule has 246 valence electrons. The van der Waals surface area contributed by atoms with E-state index in [0.29, 0.717) is 69.1 Å². The minimum absolute atomic E-state index is 0.291. The van der Waals surface area contributed by atoms with Gasteiger partial charge in [0, 0.05) is 37.3 Å². The van der Waals surface area contributed by atoms with E-state index in [-0.39, 0.29) is 6.03 Å². The summed E-state index contributed by atoms with van der Waals surface area (Å²) in [7, 11) is 0. The number of urea groups is 1. The van der Waals surface area contributed by atoms with Gasteiger partial charge in [-0.25, -0.2) is 4.79 Å². The van der Waals surface area contributed by atoms with Crippen molar-refractivity contribution in [3.05, 3.63) is 90.2 Å². The molecule has 1 saturated carbocycles. The summed E-state index contributed by atoms with van der Waals surface area (Å²) in [5.41, 5.74) is 2.49. The Bertz CT molecular complexity index is 1470. The van der Waals surface area contributed by atoms with Gasteiger partial charge in [-0.05, 0) is 73.4 Å². The Labute approximate surface area is 271 Å². The highest BCUT2D eigenvalue weighted by Gasteiger charge is 2.19. The summed E-state index contributed by atoms with van der Waals surface area (Å²) in [6.07, 6.45) is 6.39. The summed E-state index contributed by atoms with van der Waals surface area (Å²) in [5, 5.41) is 17.9. The molecule has 2 amide bonds. The molecule has 0 spiro atoms. The summed E-state index contributed by atoms with van der Waals surface area (Å²) in [6.45, 7) is 5.75. The fraction of sp³-hybridized carbons (Fsp3) is 0.432. The van der Waals surface area contributed by atoms with Gasteiger partial charge in [0.05, 0.1) is 19.3 Å². The number of amides is 2. The quantitative estimate of drug-likeness (QED) is 0.0992. The van der Waals surface area contributed by atoms with Gasteiger partial charge in [0.15, 0.2) is 0 Å². The highest BCUT2D eigenvalue weighted by molar-refractivity contribution is 5.89. The van der Waals surface area contributed by atoms with Crippen LogP contribution in [0.4, 0.5) is 10.5 Å². The van der Waals surface area contributed by atoms with Crippen LogP contribution in [0.5, 0.6) is 11.5 Å². The maximum absolute atomic E-state index is 12.6. The molecule has 0 radical (unpaired) electrons. The van der Waals surface area contributed by atoms with Crippen LogP contribution in [0, 0.1) is 0 Å². The molecule has 1 aromatic heterocycles. The largest absolute Gasteiger partial charge is 0.494 e. The molecule has 1 unspecified atom stereocenters. The first-order valence-electron chi connectivity index (χ1n) is 16.6. The molecule has 4 aromatic rings. The van der Waals surface area contributed by atoms with Crippen molar-refractivity contribution in [3.8, 4) is 11.5 Å². The van der Waals surface area contributed by atoms with Gasteiger partial charge in [-0.15, -0.1) is 0 Å². The SMILES string of the molecule is CCCCOc1ccc(NC(=O)NCCN(Cc2ccccc2)CC(O)c2cc3cc(OCCOC4CCCC4)ccc3o2)cc1. The molecule has 1 aliphatic rings. The Kier molecular flexibility index (Phi) is 12.7. The van der Waals surface area contributed by atoms with Crippen LogP contribution in [0.15, 0.2) is 83.3 Å². The second-order valence-electron chi connectivity index (χ2n) is 11.8. The van der Waals surface area contributed by atoms with Crippen LogP contribution in [0.3, 0.4) is 0 Å². The van der Waals surface area contributed by atoms with E-state index in [1.165, 1.54) is 12.8 Å². The summed E-state index contributed by atoms with van der Waals surface area (Å²) in [4.78, 5) is 14.7. The third-order valence-electron chi connectivity index (χ3n) is 8.12. The Morgan fingerprint density at radius 3 is 2.50 bits per heavy atom. The maximum atomic E-state index is 12.6. The normalized spacial score (nSPS) is 14.1. The zero-order chi connectivity index (χ0) is 32.0. The second-order valence-corrected chi connectivity index (χ2v) is 11.8. The van der Waals surface area contributed by atoms with Gasteiger partial charge in [0.25, 0.3) is 0 Å². The Balaban J connectivity index is 1.12. The number of carbonyl (C=O) groups excluding carboxylic acids is 1. The minimum Gasteiger partial charge on any atom is -0.494 e. The summed E-state index contributed by atoms with van der Waals surface area (Å²) in [6, 6.07) is 24.7. The molecule has 1 atom stereocenters. The number of benzene rings is 3. The van der Waals surface area contributed by atoms with Gasteiger partial charge in [0.1, 0.15) is 35.6 Å². The lowest BCUT2D eigenvalue weighted by Crippen LogP contribution is -2.38. The van der Waals surface area contributed by atoms with Crippen LogP contribution in [0.1, 0.15) is 62.9 Å². The molecule has 46 heavy (non-hydrogen) atoms. The average Bonchev–Trinajstić information content (AvgIpc) is 3.75. The van der Waals surface area contributed by atoms with Crippen LogP contribution in [0.2, 0.25) is 0 Å². The van der Waals surface area contributed by atoms with Crippen LogP contribution in [0.25, 0.3) is 11.0 Å². The predicted molar refractivity (Wildman–Crippen MR) is 180 cm³/mol. The van der Waals surface area contributed by atoms with E-state index in [0.717, 1.165) is 48.1 Å². The highest BCUT2D eigenvalue weighted by Crippen LogP contribution is 2.28. The number of nitrogens with zero attached hydrogens (tertiary/aromatic N) is 1. The smallest absolute Gasteiger partial charge is 0.319 e. The average molecular weight is 630 g/mol. The molecule has 0 saturated heterocycles. The maximum Gasteiger partial charge on any atom is 0.319 e. The van der Waals surface area contributed by atoms with Crippen molar-refractivity contribution in [1.29, 1.82) is 0 Å². The molecule has 9 heteroatoms. The molecule has 3 aromatic carbocycles. The van der Waals surface area contributed by atoms with Gasteiger partial charge in [0.2, 0.25) is 0 Å². The lowest BCUT2D eigenvalue weighted by molar-refractivity contribution is 0.0382. The number of rotatable bonds is 18. The van der Waals surface area contributed by atoms with Crippen molar-refractivity contribution in [2.24, 2.45) is 0 Å². The van der Waals surface area contributed by atoms with E-state index in [1.807, 2.05) is 66.7 Å². The number of hydrogen-bond donors (Lipinski definition) is 3. The Hall–Kier alpha value is -4.05. The molecular weight excluding hydrogens is 582 g/mol. The van der Waals surface area contributed by atoms with Crippen molar-refractivity contribution in [2.45, 2.75) is 64.2 Å². The number of nitrogens with one attached hydrogen (secondary N) is 2. The first kappa shape index (κ1) is 33.3. The number of hydrogen-bond acceptors (Lipinski definition) is 7. The first-order chi connectivity index (χ1) is 22.6. The standard InChI is InChI=1S/C37H47N3O6/c1-2-3-21-43-32-15-13-30(14-16-32)39-37(42)38-19-20-40(26-28-9-5-4-6-10-28)27-34(41)36-25-29-24-33(17-18-35(29)46-36)45-23-22-44-31-11-7-8-12-31/h4-6,9-10,13-18,24-25,31,34,41H,2-3,7-8,11-12,19-23,26-27H2,1H3,(H2,38,39,42). The summed E-state index contributed by atoms with van der Waals surface area (Å²) >= 11 is 0. The Morgan fingerprint density at radius 1 is 0.957 bits per heavy atom. The fourth-order valence-electron chi connectivity index (χ4n) is 5.61. The van der Waals surface area contributed by atoms with Gasteiger partial charge in [-0.1, -0.05) is 56.5 Å². The first-order valence-corrected chi connectivity index (χ1v) is 16.6. The van der Waals surface area contributed by atoms with E-state index in [9.17, 15) is 9.90 Å². The number of anilines is 1. The fourth-order valence-corrected chi connectivity index (χ4v) is 5.61. The molecule has 1 aliphatic carbocycles. The molecule has 5 rings (SSSR count). The zero-order valence-corrected chi connectivity index (χ0v) is 26.8. The number of fused-ring (bicyclic) bond motifs is 1. The molecular formula is C37H47N3O6. The van der Waals surface area contributed by atoms with Crippen LogP contribution in [-0.2, 0) is 11.3 Å². The van der Waals surface area contributed by atoms with Crippen molar-refractivity contribution in [2.75, 3.05) is 44.8 Å².